The largest absolute Gasteiger partial charge is 0.457 e. The SMILES string of the molecule is c1cnc(O[C@H]2CN(Cc3ccc4c(c3)OCO4)Cc3ccnn3C2)nc1. The molecule has 3 aromatic rings. The molecular weight excluding hydrogens is 346 g/mol. The second kappa shape index (κ2) is 6.88. The topological polar surface area (TPSA) is 74.5 Å². The highest BCUT2D eigenvalue weighted by atomic mass is 16.7. The standard InChI is InChI=1S/C19H19N5O3/c1-5-20-19(21-6-1)27-16-11-23(10-15-4-7-22-24(15)12-16)9-14-2-3-17-18(8-14)26-13-25-17/h1-8,16H,9-13H2/t16-/m0/s1. The van der Waals surface area contributed by atoms with Crippen LogP contribution in [0, 0.1) is 0 Å². The molecule has 4 heterocycles. The zero-order chi connectivity index (χ0) is 18.1. The Morgan fingerprint density at radius 2 is 1.93 bits per heavy atom. The lowest BCUT2D eigenvalue weighted by Crippen LogP contribution is -2.35. The Balaban J connectivity index is 1.36. The Morgan fingerprint density at radius 3 is 2.85 bits per heavy atom. The minimum absolute atomic E-state index is 0.0949. The van der Waals surface area contributed by atoms with Crippen molar-refractivity contribution in [2.24, 2.45) is 0 Å². The number of fused-ring (bicyclic) bond motifs is 2. The van der Waals surface area contributed by atoms with Gasteiger partial charge in [-0.1, -0.05) is 6.07 Å². The van der Waals surface area contributed by atoms with Gasteiger partial charge >= 0.3 is 6.01 Å². The van der Waals surface area contributed by atoms with Gasteiger partial charge in [0.05, 0.1) is 12.2 Å². The van der Waals surface area contributed by atoms with E-state index in [1.165, 1.54) is 5.56 Å². The Bertz CT molecular complexity index is 930. The highest BCUT2D eigenvalue weighted by Gasteiger charge is 2.25. The summed E-state index contributed by atoms with van der Waals surface area (Å²) in [6, 6.07) is 10.3. The van der Waals surface area contributed by atoms with Crippen molar-refractivity contribution in [3.63, 3.8) is 0 Å². The predicted molar refractivity (Wildman–Crippen MR) is 95.4 cm³/mol. The van der Waals surface area contributed by atoms with Crippen molar-refractivity contribution in [1.29, 1.82) is 0 Å². The van der Waals surface area contributed by atoms with Gasteiger partial charge in [0.15, 0.2) is 11.5 Å². The number of hydrogen-bond acceptors (Lipinski definition) is 7. The highest BCUT2D eigenvalue weighted by molar-refractivity contribution is 5.44. The molecular formula is C19H19N5O3. The molecule has 0 N–H and O–H groups in total. The van der Waals surface area contributed by atoms with Gasteiger partial charge in [0, 0.05) is 38.2 Å². The fraction of sp³-hybridized carbons (Fsp3) is 0.316. The molecule has 2 aromatic heterocycles. The quantitative estimate of drug-likeness (QED) is 0.699. The molecule has 0 saturated heterocycles. The summed E-state index contributed by atoms with van der Waals surface area (Å²) in [6.07, 6.45) is 5.10. The molecule has 27 heavy (non-hydrogen) atoms. The van der Waals surface area contributed by atoms with E-state index in [1.807, 2.05) is 29.1 Å². The molecule has 0 bridgehead atoms. The minimum Gasteiger partial charge on any atom is -0.457 e. The third kappa shape index (κ3) is 3.43. The van der Waals surface area contributed by atoms with E-state index in [2.05, 4.69) is 26.0 Å². The molecule has 0 unspecified atom stereocenters. The molecule has 5 rings (SSSR count). The number of rotatable bonds is 4. The van der Waals surface area contributed by atoms with Crippen LogP contribution >= 0.6 is 0 Å². The average Bonchev–Trinajstić information content (AvgIpc) is 3.28. The van der Waals surface area contributed by atoms with Gasteiger partial charge in [-0.3, -0.25) is 9.58 Å². The van der Waals surface area contributed by atoms with Crippen LogP contribution in [0.3, 0.4) is 0 Å². The Hall–Kier alpha value is -3.13. The van der Waals surface area contributed by atoms with Crippen LogP contribution in [0.15, 0.2) is 48.9 Å². The fourth-order valence-corrected chi connectivity index (χ4v) is 3.48. The predicted octanol–water partition coefficient (Wildman–Crippen LogP) is 1.87. The van der Waals surface area contributed by atoms with E-state index in [0.29, 0.717) is 12.6 Å². The summed E-state index contributed by atoms with van der Waals surface area (Å²) in [4.78, 5) is 10.7. The molecule has 8 heteroatoms. The van der Waals surface area contributed by atoms with Crippen LogP contribution in [-0.4, -0.2) is 44.1 Å². The van der Waals surface area contributed by atoms with Crippen molar-refractivity contribution in [3.8, 4) is 17.5 Å². The van der Waals surface area contributed by atoms with E-state index in [9.17, 15) is 0 Å². The smallest absolute Gasteiger partial charge is 0.316 e. The molecule has 0 radical (unpaired) electrons. The van der Waals surface area contributed by atoms with Crippen molar-refractivity contribution in [3.05, 3.63) is 60.2 Å². The van der Waals surface area contributed by atoms with Crippen LogP contribution < -0.4 is 14.2 Å². The molecule has 1 atom stereocenters. The van der Waals surface area contributed by atoms with Crippen LogP contribution in [0.1, 0.15) is 11.3 Å². The van der Waals surface area contributed by atoms with Gasteiger partial charge in [0.1, 0.15) is 6.10 Å². The second-order valence-corrected chi connectivity index (χ2v) is 6.63. The Kier molecular flexibility index (Phi) is 4.10. The third-order valence-corrected chi connectivity index (χ3v) is 4.69. The van der Waals surface area contributed by atoms with Gasteiger partial charge in [0.2, 0.25) is 6.79 Å². The Labute approximate surface area is 156 Å². The van der Waals surface area contributed by atoms with Crippen molar-refractivity contribution in [2.75, 3.05) is 13.3 Å². The van der Waals surface area contributed by atoms with Gasteiger partial charge in [-0.15, -0.1) is 0 Å². The van der Waals surface area contributed by atoms with Crippen molar-refractivity contribution >= 4 is 0 Å². The number of hydrogen-bond donors (Lipinski definition) is 0. The van der Waals surface area contributed by atoms with E-state index >= 15 is 0 Å². The van der Waals surface area contributed by atoms with Crippen molar-refractivity contribution in [1.82, 2.24) is 24.6 Å². The first-order valence-corrected chi connectivity index (χ1v) is 8.89. The maximum atomic E-state index is 6.03. The van der Waals surface area contributed by atoms with Gasteiger partial charge in [-0.05, 0) is 29.8 Å². The maximum absolute atomic E-state index is 6.03. The van der Waals surface area contributed by atoms with Crippen LogP contribution in [0.4, 0.5) is 0 Å². The van der Waals surface area contributed by atoms with E-state index in [4.69, 9.17) is 14.2 Å². The lowest BCUT2D eigenvalue weighted by molar-refractivity contribution is 0.113. The molecule has 0 fully saturated rings. The lowest BCUT2D eigenvalue weighted by atomic mass is 10.1. The first-order chi connectivity index (χ1) is 13.3. The molecule has 0 spiro atoms. The number of benzene rings is 1. The highest BCUT2D eigenvalue weighted by Crippen LogP contribution is 2.33. The van der Waals surface area contributed by atoms with E-state index in [0.717, 1.165) is 36.8 Å². The summed E-state index contributed by atoms with van der Waals surface area (Å²) in [6.45, 7) is 3.27. The van der Waals surface area contributed by atoms with E-state index < -0.39 is 0 Å². The van der Waals surface area contributed by atoms with Crippen molar-refractivity contribution < 1.29 is 14.2 Å². The second-order valence-electron chi connectivity index (χ2n) is 6.63. The van der Waals surface area contributed by atoms with Gasteiger partial charge in [-0.2, -0.15) is 5.10 Å². The summed E-state index contributed by atoms with van der Waals surface area (Å²) in [5, 5.41) is 4.43. The average molecular weight is 365 g/mol. The molecule has 2 aliphatic rings. The summed E-state index contributed by atoms with van der Waals surface area (Å²) < 4.78 is 18.9. The van der Waals surface area contributed by atoms with Crippen LogP contribution in [0.25, 0.3) is 0 Å². The van der Waals surface area contributed by atoms with Crippen LogP contribution in [0.2, 0.25) is 0 Å². The minimum atomic E-state index is -0.0949. The monoisotopic (exact) mass is 365 g/mol. The molecule has 138 valence electrons. The van der Waals surface area contributed by atoms with Crippen molar-refractivity contribution in [2.45, 2.75) is 25.7 Å². The van der Waals surface area contributed by atoms with Gasteiger partial charge < -0.3 is 14.2 Å². The molecule has 2 aliphatic heterocycles. The zero-order valence-electron chi connectivity index (χ0n) is 14.7. The molecule has 0 amide bonds. The first-order valence-electron chi connectivity index (χ1n) is 8.89. The summed E-state index contributed by atoms with van der Waals surface area (Å²) >= 11 is 0. The van der Waals surface area contributed by atoms with E-state index in [-0.39, 0.29) is 12.9 Å². The molecule has 1 aromatic carbocycles. The lowest BCUT2D eigenvalue weighted by Gasteiger charge is -2.24. The molecule has 0 aliphatic carbocycles. The van der Waals surface area contributed by atoms with Crippen LogP contribution in [-0.2, 0) is 19.6 Å². The number of ether oxygens (including phenoxy) is 3. The summed E-state index contributed by atoms with van der Waals surface area (Å²) in [5.74, 6) is 1.60. The normalized spacial score (nSPS) is 18.7. The van der Waals surface area contributed by atoms with Gasteiger partial charge in [-0.25, -0.2) is 9.97 Å². The zero-order valence-corrected chi connectivity index (χ0v) is 14.7. The number of nitrogens with zero attached hydrogens (tertiary/aromatic N) is 5. The van der Waals surface area contributed by atoms with Gasteiger partial charge in [0.25, 0.3) is 0 Å². The van der Waals surface area contributed by atoms with Crippen LogP contribution in [0.5, 0.6) is 17.5 Å². The Morgan fingerprint density at radius 1 is 1.04 bits per heavy atom. The summed E-state index contributed by atoms with van der Waals surface area (Å²) in [7, 11) is 0. The van der Waals surface area contributed by atoms with E-state index in [1.54, 1.807) is 18.5 Å². The molecule has 8 nitrogen and oxygen atoms in total. The first kappa shape index (κ1) is 16.1. The number of aromatic nitrogens is 4. The third-order valence-electron chi connectivity index (χ3n) is 4.69. The summed E-state index contributed by atoms with van der Waals surface area (Å²) in [5.41, 5.74) is 2.33. The fourth-order valence-electron chi connectivity index (χ4n) is 3.48. The molecule has 0 saturated carbocycles. The maximum Gasteiger partial charge on any atom is 0.316 e.